The highest BCUT2D eigenvalue weighted by Gasteiger charge is 2.10. The summed E-state index contributed by atoms with van der Waals surface area (Å²) in [4.78, 5) is 3.45. The van der Waals surface area contributed by atoms with Gasteiger partial charge in [-0.2, -0.15) is 4.39 Å². The molecule has 1 atom stereocenters. The number of aromatic nitrogens is 1. The van der Waals surface area contributed by atoms with Crippen LogP contribution in [0.25, 0.3) is 0 Å². The number of rotatable bonds is 3. The van der Waals surface area contributed by atoms with Crippen molar-refractivity contribution in [3.05, 3.63) is 29.8 Å². The summed E-state index contributed by atoms with van der Waals surface area (Å²) in [5.41, 5.74) is 5.92. The van der Waals surface area contributed by atoms with Crippen LogP contribution in [-0.4, -0.2) is 16.7 Å². The molecular weight excluding hydrogens is 159 g/mol. The van der Waals surface area contributed by atoms with Crippen LogP contribution in [0, 0.1) is 5.95 Å². The van der Waals surface area contributed by atoms with Crippen molar-refractivity contribution in [1.82, 2.24) is 4.98 Å². The van der Waals surface area contributed by atoms with E-state index in [1.54, 1.807) is 12.1 Å². The van der Waals surface area contributed by atoms with Crippen molar-refractivity contribution < 1.29 is 9.50 Å². The predicted octanol–water partition coefficient (Wildman–Crippen LogP) is 0.603. The second-order valence-electron chi connectivity index (χ2n) is 2.50. The fraction of sp³-hybridized carbons (Fsp3) is 0.375. The maximum atomic E-state index is 12.9. The van der Waals surface area contributed by atoms with Crippen molar-refractivity contribution in [2.24, 2.45) is 5.73 Å². The first-order valence-electron chi connectivity index (χ1n) is 3.72. The van der Waals surface area contributed by atoms with Crippen molar-refractivity contribution >= 4 is 0 Å². The Kier molecular flexibility index (Phi) is 3.13. The molecule has 0 bridgehead atoms. The summed E-state index contributed by atoms with van der Waals surface area (Å²) in [7, 11) is 0. The smallest absolute Gasteiger partial charge is 0.217 e. The van der Waals surface area contributed by atoms with Crippen molar-refractivity contribution in [2.45, 2.75) is 12.5 Å². The average molecular weight is 170 g/mol. The number of pyridine rings is 1. The first-order valence-corrected chi connectivity index (χ1v) is 3.72. The lowest BCUT2D eigenvalue weighted by Gasteiger charge is -2.09. The first-order chi connectivity index (χ1) is 5.75. The Morgan fingerprint density at radius 2 is 2.42 bits per heavy atom. The minimum atomic E-state index is -0.557. The van der Waals surface area contributed by atoms with Gasteiger partial charge in [0.2, 0.25) is 5.95 Å². The minimum Gasteiger partial charge on any atom is -0.396 e. The molecule has 0 aromatic carbocycles. The number of nitrogens with two attached hydrogens (primary N) is 1. The van der Waals surface area contributed by atoms with E-state index < -0.39 is 12.0 Å². The van der Waals surface area contributed by atoms with Crippen LogP contribution < -0.4 is 5.73 Å². The summed E-state index contributed by atoms with van der Waals surface area (Å²) in [6.07, 6.45) is 1.72. The van der Waals surface area contributed by atoms with E-state index in [0.717, 1.165) is 0 Å². The molecule has 0 aliphatic heterocycles. The standard InChI is InChI=1S/C8H11FN2O/c9-8-6(2-1-4-11-8)7(10)3-5-12/h1-2,4,7,12H,3,5,10H2. The molecule has 66 valence electrons. The van der Waals surface area contributed by atoms with Crippen LogP contribution in [0.2, 0.25) is 0 Å². The van der Waals surface area contributed by atoms with Crippen LogP contribution in [0.3, 0.4) is 0 Å². The van der Waals surface area contributed by atoms with Gasteiger partial charge in [0.15, 0.2) is 0 Å². The van der Waals surface area contributed by atoms with Crippen molar-refractivity contribution in [2.75, 3.05) is 6.61 Å². The Bertz CT molecular complexity index is 255. The first kappa shape index (κ1) is 9.09. The molecule has 3 nitrogen and oxygen atoms in total. The third-order valence-corrected chi connectivity index (χ3v) is 1.63. The van der Waals surface area contributed by atoms with Gasteiger partial charge in [-0.3, -0.25) is 0 Å². The SMILES string of the molecule is NC(CCO)c1cccnc1F. The van der Waals surface area contributed by atoms with Gasteiger partial charge >= 0.3 is 0 Å². The van der Waals surface area contributed by atoms with Crippen LogP contribution in [0.5, 0.6) is 0 Å². The van der Waals surface area contributed by atoms with E-state index in [0.29, 0.717) is 12.0 Å². The third kappa shape index (κ3) is 1.99. The molecule has 1 aromatic heterocycles. The molecule has 0 spiro atoms. The van der Waals surface area contributed by atoms with E-state index in [1.165, 1.54) is 6.20 Å². The fourth-order valence-electron chi connectivity index (χ4n) is 0.970. The molecule has 0 aliphatic rings. The maximum Gasteiger partial charge on any atom is 0.217 e. The van der Waals surface area contributed by atoms with E-state index in [1.807, 2.05) is 0 Å². The molecule has 1 heterocycles. The van der Waals surface area contributed by atoms with Crippen molar-refractivity contribution in [1.29, 1.82) is 0 Å². The van der Waals surface area contributed by atoms with Gasteiger partial charge < -0.3 is 10.8 Å². The Morgan fingerprint density at radius 3 is 3.00 bits per heavy atom. The third-order valence-electron chi connectivity index (χ3n) is 1.63. The van der Waals surface area contributed by atoms with E-state index in [9.17, 15) is 4.39 Å². The van der Waals surface area contributed by atoms with Crippen molar-refractivity contribution in [3.8, 4) is 0 Å². The molecule has 3 N–H and O–H groups in total. The van der Waals surface area contributed by atoms with E-state index in [2.05, 4.69) is 4.98 Å². The van der Waals surface area contributed by atoms with Crippen LogP contribution in [-0.2, 0) is 0 Å². The molecule has 0 saturated heterocycles. The van der Waals surface area contributed by atoms with Gasteiger partial charge in [-0.25, -0.2) is 4.98 Å². The second-order valence-corrected chi connectivity index (χ2v) is 2.50. The van der Waals surface area contributed by atoms with Crippen molar-refractivity contribution in [3.63, 3.8) is 0 Å². The van der Waals surface area contributed by atoms with E-state index >= 15 is 0 Å². The molecule has 0 aliphatic carbocycles. The lowest BCUT2D eigenvalue weighted by Crippen LogP contribution is -2.14. The average Bonchev–Trinajstić information content (AvgIpc) is 2.05. The summed E-state index contributed by atoms with van der Waals surface area (Å²) >= 11 is 0. The Balaban J connectivity index is 2.79. The van der Waals surface area contributed by atoms with Crippen LogP contribution in [0.15, 0.2) is 18.3 Å². The highest BCUT2D eigenvalue weighted by molar-refractivity contribution is 5.14. The molecule has 0 amide bonds. The zero-order chi connectivity index (χ0) is 8.97. The molecule has 12 heavy (non-hydrogen) atoms. The van der Waals surface area contributed by atoms with E-state index in [-0.39, 0.29) is 6.61 Å². The highest BCUT2D eigenvalue weighted by atomic mass is 19.1. The largest absolute Gasteiger partial charge is 0.396 e. The number of aliphatic hydroxyl groups is 1. The van der Waals surface area contributed by atoms with Crippen LogP contribution in [0.1, 0.15) is 18.0 Å². The number of aliphatic hydroxyl groups excluding tert-OH is 1. The highest BCUT2D eigenvalue weighted by Crippen LogP contribution is 2.14. The predicted molar refractivity (Wildman–Crippen MR) is 42.8 cm³/mol. The van der Waals surface area contributed by atoms with E-state index in [4.69, 9.17) is 10.8 Å². The molecule has 1 rings (SSSR count). The van der Waals surface area contributed by atoms with Gasteiger partial charge in [0.05, 0.1) is 0 Å². The second kappa shape index (κ2) is 4.13. The fourth-order valence-corrected chi connectivity index (χ4v) is 0.970. The summed E-state index contributed by atoms with van der Waals surface area (Å²) in [5, 5.41) is 8.57. The number of nitrogens with zero attached hydrogens (tertiary/aromatic N) is 1. The Labute approximate surface area is 70.0 Å². The quantitative estimate of drug-likeness (QED) is 0.653. The molecule has 0 radical (unpaired) electrons. The minimum absolute atomic E-state index is 0.0461. The molecule has 0 fully saturated rings. The molecule has 1 unspecified atom stereocenters. The van der Waals surface area contributed by atoms with Gasteiger partial charge in [0.25, 0.3) is 0 Å². The topological polar surface area (TPSA) is 59.1 Å². The number of hydrogen-bond acceptors (Lipinski definition) is 3. The summed E-state index contributed by atoms with van der Waals surface area (Å²) in [6.45, 7) is -0.0461. The monoisotopic (exact) mass is 170 g/mol. The zero-order valence-corrected chi connectivity index (χ0v) is 6.57. The van der Waals surface area contributed by atoms with Gasteiger partial charge in [-0.1, -0.05) is 6.07 Å². The van der Waals surface area contributed by atoms with Gasteiger partial charge in [0, 0.05) is 24.4 Å². The normalized spacial score (nSPS) is 12.9. The summed E-state index contributed by atoms with van der Waals surface area (Å²) in [6, 6.07) is 2.72. The van der Waals surface area contributed by atoms with Gasteiger partial charge in [-0.15, -0.1) is 0 Å². The summed E-state index contributed by atoms with van der Waals surface area (Å²) < 4.78 is 12.9. The maximum absolute atomic E-state index is 12.9. The molecule has 1 aromatic rings. The van der Waals surface area contributed by atoms with Gasteiger partial charge in [-0.05, 0) is 12.5 Å². The van der Waals surface area contributed by atoms with Crippen LogP contribution in [0.4, 0.5) is 4.39 Å². The lowest BCUT2D eigenvalue weighted by atomic mass is 10.1. The molecular formula is C8H11FN2O. The zero-order valence-electron chi connectivity index (χ0n) is 6.57. The van der Waals surface area contributed by atoms with Crippen LogP contribution >= 0.6 is 0 Å². The lowest BCUT2D eigenvalue weighted by molar-refractivity contribution is 0.275. The Hall–Kier alpha value is -1.00. The Morgan fingerprint density at radius 1 is 1.67 bits per heavy atom. The number of halogens is 1. The molecule has 0 saturated carbocycles. The summed E-state index contributed by atoms with van der Waals surface area (Å²) in [5.74, 6) is -0.557. The number of hydrogen-bond donors (Lipinski definition) is 2. The molecule has 4 heteroatoms. The van der Waals surface area contributed by atoms with Gasteiger partial charge in [0.1, 0.15) is 0 Å².